The van der Waals surface area contributed by atoms with Crippen LogP contribution < -0.4 is 0 Å². The van der Waals surface area contributed by atoms with E-state index in [2.05, 4.69) is 27.7 Å². The molecule has 7 atom stereocenters. The predicted molar refractivity (Wildman–Crippen MR) is 117 cm³/mol. The van der Waals surface area contributed by atoms with Crippen LogP contribution in [0.25, 0.3) is 0 Å². The largest absolute Gasteiger partial charge is 0.393 e. The molecule has 3 rings (SSSR count). The molecule has 0 bridgehead atoms. The van der Waals surface area contributed by atoms with Gasteiger partial charge < -0.3 is 5.11 Å². The molecule has 158 valence electrons. The topological polar surface area (TPSA) is 20.2 Å². The maximum Gasteiger partial charge on any atom is 0.0573 e. The first-order chi connectivity index (χ1) is 12.9. The molecule has 1 nitrogen and oxygen atoms in total. The average Bonchev–Trinajstić information content (AvgIpc) is 2.97. The highest BCUT2D eigenvalue weighted by Gasteiger charge is 2.55. The van der Waals surface area contributed by atoms with Gasteiger partial charge in [0.25, 0.3) is 0 Å². The summed E-state index contributed by atoms with van der Waals surface area (Å²) < 4.78 is 0. The van der Waals surface area contributed by atoms with Crippen molar-refractivity contribution in [1.82, 2.24) is 0 Å². The highest BCUT2D eigenvalue weighted by Crippen LogP contribution is 2.62. The molecule has 0 amide bonds. The van der Waals surface area contributed by atoms with Crippen LogP contribution in [0.3, 0.4) is 0 Å². The van der Waals surface area contributed by atoms with Gasteiger partial charge in [0.2, 0.25) is 0 Å². The molecule has 0 aromatic rings. The van der Waals surface area contributed by atoms with Crippen LogP contribution in [0.15, 0.2) is 0 Å². The SMILES string of the molecule is CC(C)CCCC(C)[C@H]1CCC2C3C(CCCCCCC[C@H]3O)CCC21C. The van der Waals surface area contributed by atoms with E-state index in [9.17, 15) is 5.11 Å². The number of hydrogen-bond acceptors (Lipinski definition) is 1. The van der Waals surface area contributed by atoms with Crippen molar-refractivity contribution in [3.8, 4) is 0 Å². The van der Waals surface area contributed by atoms with E-state index in [1.165, 1.54) is 83.5 Å². The van der Waals surface area contributed by atoms with Crippen molar-refractivity contribution in [2.45, 2.75) is 124 Å². The van der Waals surface area contributed by atoms with Crippen LogP contribution in [-0.2, 0) is 0 Å². The fourth-order valence-corrected chi connectivity index (χ4v) is 7.70. The van der Waals surface area contributed by atoms with E-state index in [1.54, 1.807) is 0 Å². The van der Waals surface area contributed by atoms with E-state index in [-0.39, 0.29) is 6.10 Å². The minimum absolute atomic E-state index is 0.0206. The molecule has 0 spiro atoms. The number of hydrogen-bond donors (Lipinski definition) is 1. The van der Waals surface area contributed by atoms with E-state index >= 15 is 0 Å². The summed E-state index contributed by atoms with van der Waals surface area (Å²) in [7, 11) is 0. The number of fused-ring (bicyclic) bond motifs is 3. The van der Waals surface area contributed by atoms with E-state index in [1.807, 2.05) is 0 Å². The average molecular weight is 377 g/mol. The zero-order valence-electron chi connectivity index (χ0n) is 18.9. The summed E-state index contributed by atoms with van der Waals surface area (Å²) in [4.78, 5) is 0. The second kappa shape index (κ2) is 9.64. The molecule has 0 radical (unpaired) electrons. The Hall–Kier alpha value is -0.0400. The summed E-state index contributed by atoms with van der Waals surface area (Å²) in [5, 5.41) is 11.2. The maximum atomic E-state index is 11.2. The molecular weight excluding hydrogens is 328 g/mol. The van der Waals surface area contributed by atoms with Crippen LogP contribution in [0.5, 0.6) is 0 Å². The van der Waals surface area contributed by atoms with E-state index in [0.717, 1.165) is 36.0 Å². The molecule has 0 aromatic heterocycles. The lowest BCUT2D eigenvalue weighted by atomic mass is 9.54. The summed E-state index contributed by atoms with van der Waals surface area (Å²) in [5.41, 5.74) is 0.503. The third-order valence-corrected chi connectivity index (χ3v) is 9.19. The number of rotatable bonds is 5. The van der Waals surface area contributed by atoms with E-state index in [0.29, 0.717) is 11.3 Å². The first kappa shape index (κ1) is 21.7. The van der Waals surface area contributed by atoms with Crippen molar-refractivity contribution in [2.24, 2.45) is 40.9 Å². The summed E-state index contributed by atoms with van der Waals surface area (Å²) in [5.74, 6) is 4.83. The molecule has 0 saturated heterocycles. The van der Waals surface area contributed by atoms with E-state index in [4.69, 9.17) is 0 Å². The number of aliphatic hydroxyl groups is 1. The molecule has 27 heavy (non-hydrogen) atoms. The Morgan fingerprint density at radius 3 is 2.30 bits per heavy atom. The lowest BCUT2D eigenvalue weighted by molar-refractivity contribution is -0.0683. The molecule has 0 aliphatic heterocycles. The summed E-state index contributed by atoms with van der Waals surface area (Å²) in [6, 6.07) is 0. The third-order valence-electron chi connectivity index (χ3n) is 9.19. The zero-order valence-corrected chi connectivity index (χ0v) is 18.9. The fraction of sp³-hybridized carbons (Fsp3) is 1.00. The van der Waals surface area contributed by atoms with Gasteiger partial charge in [-0.05, 0) is 73.0 Å². The van der Waals surface area contributed by atoms with Crippen molar-refractivity contribution in [1.29, 1.82) is 0 Å². The standard InChI is InChI=1S/C26H48O/c1-19(2)11-10-12-20(3)22-15-16-23-25-21(17-18-26(22,23)4)13-8-6-5-7-9-14-24(25)27/h19-25,27H,5-18H2,1-4H3/t20?,21?,22-,23?,24-,25?,26?/m1/s1. The molecular formula is C26H48O. The van der Waals surface area contributed by atoms with Gasteiger partial charge in [-0.15, -0.1) is 0 Å². The second-order valence-electron chi connectivity index (χ2n) is 11.4. The summed E-state index contributed by atoms with van der Waals surface area (Å²) in [6.07, 6.45) is 19.1. The highest BCUT2D eigenvalue weighted by atomic mass is 16.3. The smallest absolute Gasteiger partial charge is 0.0573 e. The lowest BCUT2D eigenvalue weighted by Crippen LogP contribution is -2.47. The van der Waals surface area contributed by atoms with Crippen LogP contribution in [0, 0.1) is 40.9 Å². The van der Waals surface area contributed by atoms with Gasteiger partial charge in [0.1, 0.15) is 0 Å². The van der Waals surface area contributed by atoms with Gasteiger partial charge >= 0.3 is 0 Å². The van der Waals surface area contributed by atoms with Crippen LogP contribution in [-0.4, -0.2) is 11.2 Å². The molecule has 3 aliphatic rings. The van der Waals surface area contributed by atoms with Crippen LogP contribution in [0.1, 0.15) is 118 Å². The first-order valence-electron chi connectivity index (χ1n) is 12.6. The maximum absolute atomic E-state index is 11.2. The van der Waals surface area contributed by atoms with Gasteiger partial charge in [-0.1, -0.05) is 85.5 Å². The quantitative estimate of drug-likeness (QED) is 0.523. The van der Waals surface area contributed by atoms with Crippen molar-refractivity contribution in [2.75, 3.05) is 0 Å². The monoisotopic (exact) mass is 376 g/mol. The van der Waals surface area contributed by atoms with Gasteiger partial charge in [0.05, 0.1) is 6.10 Å². The van der Waals surface area contributed by atoms with Gasteiger partial charge in [-0.2, -0.15) is 0 Å². The normalized spacial score (nSPS) is 41.8. The molecule has 5 unspecified atom stereocenters. The molecule has 1 heteroatoms. The zero-order chi connectivity index (χ0) is 19.4. The Morgan fingerprint density at radius 1 is 0.852 bits per heavy atom. The first-order valence-corrected chi connectivity index (χ1v) is 12.6. The highest BCUT2D eigenvalue weighted by molar-refractivity contribution is 5.04. The summed E-state index contributed by atoms with van der Waals surface area (Å²) in [6.45, 7) is 9.91. The van der Waals surface area contributed by atoms with Crippen LogP contribution in [0.4, 0.5) is 0 Å². The fourth-order valence-electron chi connectivity index (χ4n) is 7.70. The number of aliphatic hydroxyl groups excluding tert-OH is 1. The van der Waals surface area contributed by atoms with Gasteiger partial charge in [-0.3, -0.25) is 0 Å². The Bertz CT molecular complexity index is 443. The van der Waals surface area contributed by atoms with Crippen molar-refractivity contribution in [3.05, 3.63) is 0 Å². The van der Waals surface area contributed by atoms with Gasteiger partial charge in [0, 0.05) is 0 Å². The minimum atomic E-state index is -0.0206. The predicted octanol–water partition coefficient (Wildman–Crippen LogP) is 7.61. The Balaban J connectivity index is 1.69. The van der Waals surface area contributed by atoms with Crippen molar-refractivity contribution < 1.29 is 5.11 Å². The Morgan fingerprint density at radius 2 is 1.56 bits per heavy atom. The van der Waals surface area contributed by atoms with Crippen molar-refractivity contribution in [3.63, 3.8) is 0 Å². The molecule has 0 aromatic carbocycles. The van der Waals surface area contributed by atoms with Crippen LogP contribution >= 0.6 is 0 Å². The molecule has 1 N–H and O–H groups in total. The van der Waals surface area contributed by atoms with E-state index < -0.39 is 0 Å². The second-order valence-corrected chi connectivity index (χ2v) is 11.4. The Kier molecular flexibility index (Phi) is 7.73. The van der Waals surface area contributed by atoms with Crippen molar-refractivity contribution >= 4 is 0 Å². The minimum Gasteiger partial charge on any atom is -0.393 e. The van der Waals surface area contributed by atoms with Gasteiger partial charge in [-0.25, -0.2) is 0 Å². The van der Waals surface area contributed by atoms with Gasteiger partial charge in [0.15, 0.2) is 0 Å². The van der Waals surface area contributed by atoms with Crippen LogP contribution in [0.2, 0.25) is 0 Å². The Labute approximate surface area is 170 Å². The molecule has 3 saturated carbocycles. The molecule has 0 heterocycles. The molecule has 3 aliphatic carbocycles. The lowest BCUT2D eigenvalue weighted by Gasteiger charge is -2.51. The molecule has 3 fully saturated rings. The summed E-state index contributed by atoms with van der Waals surface area (Å²) >= 11 is 0. The third kappa shape index (κ3) is 4.93.